The fourth-order valence-corrected chi connectivity index (χ4v) is 5.07. The Morgan fingerprint density at radius 3 is 2.19 bits per heavy atom. The Morgan fingerprint density at radius 1 is 1.06 bits per heavy atom. The van der Waals surface area contributed by atoms with Crippen LogP contribution in [-0.2, 0) is 0 Å². The van der Waals surface area contributed by atoms with Crippen molar-refractivity contribution in [3.8, 4) is 17.2 Å². The molecule has 1 aliphatic rings. The summed E-state index contributed by atoms with van der Waals surface area (Å²) < 4.78 is 17.3. The average Bonchev–Trinajstić information content (AvgIpc) is 3.46. The molecular weight excluding hydrogens is 412 g/mol. The molecule has 0 aliphatic carbocycles. The van der Waals surface area contributed by atoms with Gasteiger partial charge in [0.15, 0.2) is 11.5 Å². The van der Waals surface area contributed by atoms with E-state index < -0.39 is 0 Å². The van der Waals surface area contributed by atoms with E-state index in [1.807, 2.05) is 20.8 Å². The van der Waals surface area contributed by atoms with E-state index in [4.69, 9.17) is 14.2 Å². The topological polar surface area (TPSA) is 60.0 Å². The van der Waals surface area contributed by atoms with Gasteiger partial charge in [-0.3, -0.25) is 9.69 Å². The number of hydrogen-bond donors (Lipinski definition) is 1. The normalized spacial score (nSPS) is 16.0. The summed E-state index contributed by atoms with van der Waals surface area (Å²) in [6, 6.07) is 7.86. The number of carbonyl (C=O) groups excluding carboxylic acids is 1. The molecule has 31 heavy (non-hydrogen) atoms. The number of hydrogen-bond acceptors (Lipinski definition) is 6. The number of nitrogens with zero attached hydrogens (tertiary/aromatic N) is 1. The van der Waals surface area contributed by atoms with Crippen molar-refractivity contribution in [2.75, 3.05) is 32.9 Å². The van der Waals surface area contributed by atoms with Crippen LogP contribution in [0.1, 0.15) is 61.8 Å². The van der Waals surface area contributed by atoms with E-state index in [-0.39, 0.29) is 18.0 Å². The number of likely N-dealkylation sites (tertiary alicyclic amines) is 1. The molecule has 7 heteroatoms. The van der Waals surface area contributed by atoms with Gasteiger partial charge in [0, 0.05) is 16.5 Å². The van der Waals surface area contributed by atoms with Crippen molar-refractivity contribution in [2.24, 2.45) is 0 Å². The molecular formula is C24H34N2O4S. The van der Waals surface area contributed by atoms with E-state index in [0.717, 1.165) is 13.1 Å². The van der Waals surface area contributed by atoms with Crippen LogP contribution in [0, 0.1) is 0 Å². The van der Waals surface area contributed by atoms with Gasteiger partial charge in [-0.1, -0.05) is 6.07 Å². The lowest BCUT2D eigenvalue weighted by Gasteiger charge is -2.32. The first-order valence-electron chi connectivity index (χ1n) is 11.2. The summed E-state index contributed by atoms with van der Waals surface area (Å²) in [6.07, 6.45) is 2.41. The monoisotopic (exact) mass is 446 g/mol. The highest BCUT2D eigenvalue weighted by Crippen LogP contribution is 2.39. The lowest BCUT2D eigenvalue weighted by atomic mass is 10.1. The van der Waals surface area contributed by atoms with Gasteiger partial charge in [0.25, 0.3) is 5.91 Å². The van der Waals surface area contributed by atoms with Crippen molar-refractivity contribution in [2.45, 2.75) is 52.6 Å². The Hall–Kier alpha value is -2.25. The fourth-order valence-electron chi connectivity index (χ4n) is 4.11. The van der Waals surface area contributed by atoms with E-state index in [1.165, 1.54) is 17.7 Å². The lowest BCUT2D eigenvalue weighted by molar-refractivity contribution is 0.0907. The van der Waals surface area contributed by atoms with Crippen LogP contribution in [0.4, 0.5) is 0 Å². The van der Waals surface area contributed by atoms with E-state index in [2.05, 4.69) is 34.7 Å². The Kier molecular flexibility index (Phi) is 8.60. The van der Waals surface area contributed by atoms with Gasteiger partial charge in [-0.25, -0.2) is 0 Å². The number of nitrogens with one attached hydrogen (secondary N) is 1. The van der Waals surface area contributed by atoms with Gasteiger partial charge in [0.05, 0.1) is 25.9 Å². The summed E-state index contributed by atoms with van der Waals surface area (Å²) >= 11 is 1.75. The summed E-state index contributed by atoms with van der Waals surface area (Å²) in [7, 11) is 0. The maximum absolute atomic E-state index is 13.2. The Morgan fingerprint density at radius 2 is 1.68 bits per heavy atom. The van der Waals surface area contributed by atoms with Gasteiger partial charge in [-0.2, -0.15) is 0 Å². The lowest BCUT2D eigenvalue weighted by Crippen LogP contribution is -2.43. The van der Waals surface area contributed by atoms with Gasteiger partial charge >= 0.3 is 0 Å². The molecule has 1 aromatic carbocycles. The van der Waals surface area contributed by atoms with Gasteiger partial charge in [-0.05, 0) is 77.2 Å². The molecule has 6 nitrogen and oxygen atoms in total. The van der Waals surface area contributed by atoms with Crippen LogP contribution < -0.4 is 19.5 Å². The van der Waals surface area contributed by atoms with Crippen LogP contribution in [0.25, 0.3) is 0 Å². The van der Waals surface area contributed by atoms with Crippen molar-refractivity contribution < 1.29 is 19.0 Å². The predicted molar refractivity (Wildman–Crippen MR) is 125 cm³/mol. The molecule has 1 amide bonds. The van der Waals surface area contributed by atoms with Gasteiger partial charge in [0.1, 0.15) is 0 Å². The highest BCUT2D eigenvalue weighted by atomic mass is 32.1. The molecule has 2 heterocycles. The quantitative estimate of drug-likeness (QED) is 0.532. The zero-order chi connectivity index (χ0) is 22.2. The largest absolute Gasteiger partial charge is 0.490 e. The molecule has 1 saturated heterocycles. The van der Waals surface area contributed by atoms with Crippen molar-refractivity contribution >= 4 is 17.2 Å². The van der Waals surface area contributed by atoms with E-state index >= 15 is 0 Å². The average molecular weight is 447 g/mol. The summed E-state index contributed by atoms with van der Waals surface area (Å²) in [4.78, 5) is 17.0. The third kappa shape index (κ3) is 5.71. The summed E-state index contributed by atoms with van der Waals surface area (Å²) in [5.74, 6) is 1.47. The molecule has 2 aromatic rings. The zero-order valence-electron chi connectivity index (χ0n) is 19.0. The summed E-state index contributed by atoms with van der Waals surface area (Å²) in [5, 5.41) is 5.33. The van der Waals surface area contributed by atoms with E-state index in [0.29, 0.717) is 42.6 Å². The first-order valence-corrected chi connectivity index (χ1v) is 12.1. The van der Waals surface area contributed by atoms with Gasteiger partial charge in [0.2, 0.25) is 5.75 Å². The molecule has 1 aromatic heterocycles. The van der Waals surface area contributed by atoms with Crippen molar-refractivity contribution in [1.29, 1.82) is 0 Å². The maximum atomic E-state index is 13.2. The van der Waals surface area contributed by atoms with Crippen LogP contribution >= 0.6 is 11.3 Å². The molecule has 3 rings (SSSR count). The number of carbonyl (C=O) groups is 1. The molecule has 1 fully saturated rings. The van der Waals surface area contributed by atoms with Crippen LogP contribution in [0.2, 0.25) is 0 Å². The molecule has 1 N–H and O–H groups in total. The molecule has 0 bridgehead atoms. The van der Waals surface area contributed by atoms with Crippen molar-refractivity contribution in [3.63, 3.8) is 0 Å². The number of thiophene rings is 1. The van der Waals surface area contributed by atoms with Gasteiger partial charge in [-0.15, -0.1) is 11.3 Å². The minimum absolute atomic E-state index is 0.0399. The molecule has 0 radical (unpaired) electrons. The molecule has 0 spiro atoms. The summed E-state index contributed by atoms with van der Waals surface area (Å²) in [5.41, 5.74) is 0.508. The van der Waals surface area contributed by atoms with E-state index in [1.54, 1.807) is 23.5 Å². The minimum atomic E-state index is -0.141. The maximum Gasteiger partial charge on any atom is 0.251 e. The first-order chi connectivity index (χ1) is 15.1. The Bertz CT molecular complexity index is 807. The first kappa shape index (κ1) is 23.4. The third-order valence-corrected chi connectivity index (χ3v) is 6.32. The Balaban J connectivity index is 1.85. The van der Waals surface area contributed by atoms with E-state index in [9.17, 15) is 4.79 Å². The second-order valence-corrected chi connectivity index (χ2v) is 8.55. The molecule has 1 aliphatic heterocycles. The number of ether oxygens (including phenoxy) is 3. The summed E-state index contributed by atoms with van der Waals surface area (Å²) in [6.45, 7) is 11.4. The number of rotatable bonds is 11. The van der Waals surface area contributed by atoms with Crippen LogP contribution in [0.5, 0.6) is 17.2 Å². The SMILES string of the molecule is CCOc1cc(C(=O)NC(C)C(c2cccs2)N2CCCC2)cc(OCC)c1OCC. The smallest absolute Gasteiger partial charge is 0.251 e. The van der Waals surface area contributed by atoms with Crippen molar-refractivity contribution in [3.05, 3.63) is 40.1 Å². The molecule has 2 atom stereocenters. The zero-order valence-corrected chi connectivity index (χ0v) is 19.8. The second kappa shape index (κ2) is 11.4. The van der Waals surface area contributed by atoms with Crippen LogP contribution in [0.15, 0.2) is 29.6 Å². The van der Waals surface area contributed by atoms with Gasteiger partial charge < -0.3 is 19.5 Å². The molecule has 2 unspecified atom stereocenters. The number of benzene rings is 1. The fraction of sp³-hybridized carbons (Fsp3) is 0.542. The van der Waals surface area contributed by atoms with Crippen LogP contribution in [-0.4, -0.2) is 49.8 Å². The Labute approximate surface area is 189 Å². The highest BCUT2D eigenvalue weighted by Gasteiger charge is 2.30. The molecule has 0 saturated carbocycles. The molecule has 170 valence electrons. The minimum Gasteiger partial charge on any atom is -0.490 e. The van der Waals surface area contributed by atoms with Crippen LogP contribution in [0.3, 0.4) is 0 Å². The second-order valence-electron chi connectivity index (χ2n) is 7.57. The highest BCUT2D eigenvalue weighted by molar-refractivity contribution is 7.10. The third-order valence-electron chi connectivity index (χ3n) is 5.37. The van der Waals surface area contributed by atoms with Crippen molar-refractivity contribution in [1.82, 2.24) is 10.2 Å². The predicted octanol–water partition coefficient (Wildman–Crippen LogP) is 4.90. The standard InChI is InChI=1S/C24H34N2O4S/c1-5-28-19-15-18(16-20(29-6-2)23(19)30-7-3)24(27)25-17(4)22(21-11-10-14-31-21)26-12-8-9-13-26/h10-11,14-17,22H,5-9,12-13H2,1-4H3,(H,25,27). The number of amides is 1.